The molecule has 1 aliphatic heterocycles. The molecule has 2 aromatic heterocycles. The summed E-state index contributed by atoms with van der Waals surface area (Å²) in [6, 6.07) is 3.41. The van der Waals surface area contributed by atoms with E-state index in [-0.39, 0.29) is 12.5 Å². The molecule has 0 unspecified atom stereocenters. The van der Waals surface area contributed by atoms with Crippen LogP contribution >= 0.6 is 0 Å². The van der Waals surface area contributed by atoms with Gasteiger partial charge in [0.05, 0.1) is 11.0 Å². The minimum absolute atomic E-state index is 0.202. The number of amides is 2. The molecule has 0 aliphatic carbocycles. The van der Waals surface area contributed by atoms with Crippen molar-refractivity contribution in [3.8, 4) is 5.82 Å². The third-order valence-corrected chi connectivity index (χ3v) is 4.34. The van der Waals surface area contributed by atoms with Crippen molar-refractivity contribution in [3.63, 3.8) is 0 Å². The second-order valence-corrected chi connectivity index (χ2v) is 5.81. The van der Waals surface area contributed by atoms with Crippen LogP contribution in [-0.4, -0.2) is 46.1 Å². The van der Waals surface area contributed by atoms with E-state index < -0.39 is 11.3 Å². The summed E-state index contributed by atoms with van der Waals surface area (Å²) in [5, 5.41) is 2.79. The highest BCUT2D eigenvalue weighted by Gasteiger charge is 2.38. The number of nitrogens with two attached hydrogens (primary N) is 1. The zero-order valence-corrected chi connectivity index (χ0v) is 13.1. The summed E-state index contributed by atoms with van der Waals surface area (Å²) in [4.78, 5) is 32.3. The highest BCUT2D eigenvalue weighted by Crippen LogP contribution is 2.29. The Bertz CT molecular complexity index is 706. The molecule has 0 spiro atoms. The van der Waals surface area contributed by atoms with Crippen LogP contribution in [0.4, 0.5) is 0 Å². The Labute approximate surface area is 139 Å². The normalized spacial score (nSPS) is 16.5. The van der Waals surface area contributed by atoms with Crippen LogP contribution in [-0.2, 0) is 9.53 Å². The monoisotopic (exact) mass is 329 g/mol. The van der Waals surface area contributed by atoms with E-state index >= 15 is 0 Å². The lowest BCUT2D eigenvalue weighted by molar-refractivity contribution is -0.132. The Balaban J connectivity index is 1.65. The summed E-state index contributed by atoms with van der Waals surface area (Å²) in [5.41, 5.74) is 5.22. The number of hydrogen-bond donors (Lipinski definition) is 2. The van der Waals surface area contributed by atoms with Crippen molar-refractivity contribution in [3.05, 3.63) is 42.6 Å². The van der Waals surface area contributed by atoms with Gasteiger partial charge in [-0.2, -0.15) is 0 Å². The molecule has 126 valence electrons. The molecule has 3 N–H and O–H groups in total. The number of pyridine rings is 1. The van der Waals surface area contributed by atoms with E-state index in [0.717, 1.165) is 0 Å². The molecule has 3 rings (SSSR count). The van der Waals surface area contributed by atoms with Crippen LogP contribution in [0.25, 0.3) is 5.82 Å². The predicted molar refractivity (Wildman–Crippen MR) is 85.4 cm³/mol. The van der Waals surface area contributed by atoms with Crippen molar-refractivity contribution in [2.75, 3.05) is 19.8 Å². The van der Waals surface area contributed by atoms with Crippen LogP contribution in [0.2, 0.25) is 0 Å². The number of ether oxygens (including phenoxy) is 1. The Morgan fingerprint density at radius 3 is 2.71 bits per heavy atom. The summed E-state index contributed by atoms with van der Waals surface area (Å²) in [7, 11) is 0. The number of aromatic nitrogens is 3. The number of primary amides is 1. The molecule has 8 heteroatoms. The lowest BCUT2D eigenvalue weighted by Crippen LogP contribution is -2.49. The summed E-state index contributed by atoms with van der Waals surface area (Å²) in [5.74, 6) is -0.0198. The van der Waals surface area contributed by atoms with Gasteiger partial charge in [0.1, 0.15) is 12.1 Å². The first kappa shape index (κ1) is 16.1. The maximum Gasteiger partial charge on any atom is 0.252 e. The van der Waals surface area contributed by atoms with Crippen molar-refractivity contribution in [2.45, 2.75) is 12.8 Å². The number of nitrogens with zero attached hydrogens (tertiary/aromatic N) is 3. The van der Waals surface area contributed by atoms with Crippen LogP contribution < -0.4 is 11.1 Å². The standard InChI is InChI=1S/C16H19N5O3/c17-15(23)16(3-7-24-8-4-16)10-20-14(22)12-1-2-13(19-9-12)21-6-5-18-11-21/h1-2,5-6,9,11H,3-4,7-8,10H2,(H2,17,23)(H,20,22). The third kappa shape index (κ3) is 3.28. The van der Waals surface area contributed by atoms with Crippen molar-refractivity contribution < 1.29 is 14.3 Å². The molecule has 24 heavy (non-hydrogen) atoms. The van der Waals surface area contributed by atoms with E-state index in [2.05, 4.69) is 15.3 Å². The van der Waals surface area contributed by atoms with Gasteiger partial charge in [0.25, 0.3) is 5.91 Å². The van der Waals surface area contributed by atoms with Crippen molar-refractivity contribution in [2.24, 2.45) is 11.1 Å². The van der Waals surface area contributed by atoms with Gasteiger partial charge < -0.3 is 15.8 Å². The van der Waals surface area contributed by atoms with Crippen molar-refractivity contribution in [1.82, 2.24) is 19.9 Å². The second kappa shape index (κ2) is 6.79. The predicted octanol–water partition coefficient (Wildman–Crippen LogP) is 0.279. The van der Waals surface area contributed by atoms with Gasteiger partial charge >= 0.3 is 0 Å². The van der Waals surface area contributed by atoms with E-state index in [1.165, 1.54) is 6.20 Å². The number of carbonyl (C=O) groups is 2. The van der Waals surface area contributed by atoms with Gasteiger partial charge in [-0.3, -0.25) is 14.2 Å². The highest BCUT2D eigenvalue weighted by atomic mass is 16.5. The van der Waals surface area contributed by atoms with Gasteiger partial charge in [-0.25, -0.2) is 9.97 Å². The maximum atomic E-state index is 12.3. The highest BCUT2D eigenvalue weighted by molar-refractivity contribution is 5.94. The number of imidazole rings is 1. The zero-order chi connectivity index (χ0) is 17.0. The fraction of sp³-hybridized carbons (Fsp3) is 0.375. The molecule has 2 aromatic rings. The van der Waals surface area contributed by atoms with Gasteiger partial charge in [0.15, 0.2) is 0 Å². The van der Waals surface area contributed by atoms with E-state index in [1.54, 1.807) is 35.4 Å². The molecular formula is C16H19N5O3. The molecule has 1 fully saturated rings. The van der Waals surface area contributed by atoms with Crippen molar-refractivity contribution >= 4 is 11.8 Å². The first-order valence-corrected chi connectivity index (χ1v) is 7.71. The third-order valence-electron chi connectivity index (χ3n) is 4.34. The Hall–Kier alpha value is -2.74. The van der Waals surface area contributed by atoms with Gasteiger partial charge in [-0.1, -0.05) is 0 Å². The molecule has 3 heterocycles. The van der Waals surface area contributed by atoms with E-state index in [1.807, 2.05) is 0 Å². The van der Waals surface area contributed by atoms with Crippen LogP contribution in [0, 0.1) is 5.41 Å². The summed E-state index contributed by atoms with van der Waals surface area (Å²) < 4.78 is 7.02. The van der Waals surface area contributed by atoms with Gasteiger partial charge in [0, 0.05) is 38.3 Å². The number of nitrogens with one attached hydrogen (secondary N) is 1. The summed E-state index contributed by atoms with van der Waals surface area (Å²) in [6.07, 6.45) is 7.57. The Kier molecular flexibility index (Phi) is 4.57. The summed E-state index contributed by atoms with van der Waals surface area (Å²) in [6.45, 7) is 1.15. The average molecular weight is 329 g/mol. The molecule has 8 nitrogen and oxygen atoms in total. The average Bonchev–Trinajstić information content (AvgIpc) is 3.15. The molecule has 0 radical (unpaired) electrons. The molecule has 0 aromatic carbocycles. The lowest BCUT2D eigenvalue weighted by atomic mass is 9.79. The van der Waals surface area contributed by atoms with Crippen LogP contribution in [0.5, 0.6) is 0 Å². The van der Waals surface area contributed by atoms with Crippen LogP contribution in [0.1, 0.15) is 23.2 Å². The molecule has 1 saturated heterocycles. The summed E-state index contributed by atoms with van der Waals surface area (Å²) >= 11 is 0. The van der Waals surface area contributed by atoms with E-state index in [9.17, 15) is 9.59 Å². The Morgan fingerprint density at radius 2 is 2.12 bits per heavy atom. The van der Waals surface area contributed by atoms with Gasteiger partial charge in [-0.05, 0) is 25.0 Å². The number of rotatable bonds is 5. The van der Waals surface area contributed by atoms with Crippen LogP contribution in [0.3, 0.4) is 0 Å². The smallest absolute Gasteiger partial charge is 0.252 e. The van der Waals surface area contributed by atoms with Gasteiger partial charge in [-0.15, -0.1) is 0 Å². The Morgan fingerprint density at radius 1 is 1.33 bits per heavy atom. The minimum Gasteiger partial charge on any atom is -0.381 e. The van der Waals surface area contributed by atoms with Gasteiger partial charge in [0.2, 0.25) is 5.91 Å². The van der Waals surface area contributed by atoms with Crippen molar-refractivity contribution in [1.29, 1.82) is 0 Å². The maximum absolute atomic E-state index is 12.3. The molecular weight excluding hydrogens is 310 g/mol. The topological polar surface area (TPSA) is 112 Å². The largest absolute Gasteiger partial charge is 0.381 e. The van der Waals surface area contributed by atoms with E-state index in [0.29, 0.717) is 37.4 Å². The van der Waals surface area contributed by atoms with E-state index in [4.69, 9.17) is 10.5 Å². The first-order valence-electron chi connectivity index (χ1n) is 7.71. The lowest BCUT2D eigenvalue weighted by Gasteiger charge is -2.34. The second-order valence-electron chi connectivity index (χ2n) is 5.81. The minimum atomic E-state index is -0.738. The van der Waals surface area contributed by atoms with Crippen LogP contribution in [0.15, 0.2) is 37.1 Å². The molecule has 2 amide bonds. The quantitative estimate of drug-likeness (QED) is 0.818. The number of carbonyl (C=O) groups excluding carboxylic acids is 2. The zero-order valence-electron chi connectivity index (χ0n) is 13.1. The fourth-order valence-electron chi connectivity index (χ4n) is 2.69. The molecule has 0 atom stereocenters. The molecule has 0 saturated carbocycles. The fourth-order valence-corrected chi connectivity index (χ4v) is 2.69. The SMILES string of the molecule is NC(=O)C1(CNC(=O)c2ccc(-n3ccnc3)nc2)CCOCC1. The first-order chi connectivity index (χ1) is 11.6. The molecule has 0 bridgehead atoms. The number of hydrogen-bond acceptors (Lipinski definition) is 5. The molecule has 1 aliphatic rings.